The van der Waals surface area contributed by atoms with Crippen LogP contribution in [0.15, 0.2) is 191 Å². The average Bonchev–Trinajstić information content (AvgIpc) is 1.65. The number of ether oxygens (including phenoxy) is 8. The number of phenolic OH excluding ortho intramolecular Hbond substituents is 1. The normalized spacial score (nSPS) is 10.9. The van der Waals surface area contributed by atoms with E-state index in [2.05, 4.69) is 95.1 Å². The molecular weight excluding hydrogens is 1860 g/mol. The van der Waals surface area contributed by atoms with E-state index in [4.69, 9.17) is 97.2 Å². The molecule has 3 aliphatic heterocycles. The number of alkyl halides is 1. The number of halogens is 1. The monoisotopic (exact) mass is 1990 g/mol. The molecule has 0 aromatic heterocycles. The SMILES string of the molecule is C.C.C.CCOC(=O)CCCBr.CCOC(=O)CCCOc1ccc(N)c([N+](=O)[O-])c1.CN(C)CCCOc1ccc2c(c1)N=C(c1ccc(C3=Nc4cc(OCCCC(=O)O)ccc4C3)cc1)C2.CN(C)CCCOc1ccc2c(c1)N=C(c1ccc(C=O)cc1)C2.Nc1ccc(O)cc1[N+](=O)[O-].Nc1ccc(OCCCC(=O)O)cc1N.Nc1ccc(OCCCC(=O)O)cc1[N+](=O)[O-].O.[Li+].[OH-]. The first-order chi connectivity index (χ1) is 63.6. The van der Waals surface area contributed by atoms with Gasteiger partial charge in [-0.2, -0.15) is 0 Å². The molecule has 0 fully saturated rings. The number of nitrogen functional groups attached to an aromatic ring is 5. The number of rotatable bonds is 42. The molecule has 41 heteroatoms. The largest absolute Gasteiger partial charge is 1.00 e. The fourth-order valence-corrected chi connectivity index (χ4v) is 12.5. The molecule has 0 aliphatic carbocycles. The van der Waals surface area contributed by atoms with Crippen LogP contribution in [-0.2, 0) is 52.7 Å². The van der Waals surface area contributed by atoms with Gasteiger partial charge >= 0.3 is 48.7 Å². The molecule has 0 saturated carbocycles. The maximum Gasteiger partial charge on any atom is 1.00 e. The number of carboxylic acids is 3. The number of esters is 2. The van der Waals surface area contributed by atoms with Crippen LogP contribution < -0.4 is 76.0 Å². The van der Waals surface area contributed by atoms with E-state index in [9.17, 15) is 59.1 Å². The quantitative estimate of drug-likeness (QED) is 0.00197. The Morgan fingerprint density at radius 1 is 0.403 bits per heavy atom. The summed E-state index contributed by atoms with van der Waals surface area (Å²) in [7, 11) is 8.26. The summed E-state index contributed by atoms with van der Waals surface area (Å²) >= 11 is 3.22. The van der Waals surface area contributed by atoms with Gasteiger partial charge in [0, 0.05) is 99.6 Å². The molecule has 9 aromatic carbocycles. The van der Waals surface area contributed by atoms with Gasteiger partial charge in [0.05, 0.1) is 131 Å². The Labute approximate surface area is 829 Å². The number of fused-ring (bicyclic) bond motifs is 3. The molecule has 0 amide bonds. The standard InChI is InChI=1S/C31H33N3O4.C20H22N2O2.C12H16N2O5.C10H12N2O5.C10H14N2O3.C6H11BrO2.C6H6N2O3.3CH4.Li.2H2O/c1-34(2)14-4-16-38-26-13-11-24-18-28(33-30(24)20-26)22-8-6-21(7-9-22)27-17-23-10-12-25(19-29(23)32-27)37-15-3-5-31(35)36;1-22(2)10-3-11-24-18-9-8-17-12-19(21-20(17)13-18)16-6-4-15(14-23)5-7-16;1-2-18-12(15)4-3-7-19-9-5-6-10(13)11(8-9)14(16)17;11-8-4-3-7(6-9(8)12(15)16)17-5-1-2-10(13)14;11-8-4-3-7(6-9(8)12)15-5-1-2-10(13)14;1-2-9-6(8)4-3-5-7;7-5-2-1-4(9)3-6(5)8(10)11;;;;;;/h6-13,19-20H,3-5,14-18H2,1-2H3,(H,35,36);4-9,13-14H,3,10-12H2,1-2H3;5-6,8H,2-4,7,13H2,1H3;3-4,6H,1-2,5,11H2,(H,13,14);3-4,6H,1-2,5,11-12H2,(H,13,14);2-5H2,1H3;1-3,9H,7H2;3*1H4;;2*1H2/q;;;;;;;;;;+1;;/p-1. The number of aldehydes is 1. The number of nitrogens with two attached hydrogens (primary N) is 5. The third-order valence-corrected chi connectivity index (χ3v) is 19.5. The molecule has 3 aliphatic rings. The van der Waals surface area contributed by atoms with E-state index in [1.165, 1.54) is 53.6 Å². The van der Waals surface area contributed by atoms with Gasteiger partial charge in [0.15, 0.2) is 0 Å². The fourth-order valence-electron chi connectivity index (χ4n) is 12.2. The van der Waals surface area contributed by atoms with Crippen LogP contribution in [0, 0.1) is 30.3 Å². The Morgan fingerprint density at radius 3 is 0.978 bits per heavy atom. The van der Waals surface area contributed by atoms with Gasteiger partial charge in [-0.3, -0.25) is 74.1 Å². The number of aromatic hydroxyl groups is 1. The van der Waals surface area contributed by atoms with E-state index in [0.29, 0.717) is 106 Å². The van der Waals surface area contributed by atoms with Crippen LogP contribution in [0.1, 0.15) is 157 Å². The number of hydrogen-bond donors (Lipinski definition) is 9. The van der Waals surface area contributed by atoms with Gasteiger partial charge in [-0.05, 0) is 187 Å². The molecule has 0 radical (unpaired) electrons. The van der Waals surface area contributed by atoms with E-state index in [1.54, 1.807) is 31.2 Å². The third-order valence-electron chi connectivity index (χ3n) is 19.0. The first-order valence-electron chi connectivity index (χ1n) is 42.5. The summed E-state index contributed by atoms with van der Waals surface area (Å²) in [6.45, 7) is 9.02. The maximum absolute atomic E-state index is 11.1. The van der Waals surface area contributed by atoms with Crippen molar-refractivity contribution >= 4 is 132 Å². The van der Waals surface area contributed by atoms with Crippen molar-refractivity contribution in [2.75, 3.05) is 128 Å². The Kier molecular flexibility index (Phi) is 60.2. The van der Waals surface area contributed by atoms with Crippen LogP contribution in [0.3, 0.4) is 0 Å². The molecule has 17 N–H and O–H groups in total. The number of carbonyl (C=O) groups excluding carboxylic acids is 3. The number of hydrogen-bond acceptors (Lipinski definition) is 32. The summed E-state index contributed by atoms with van der Waals surface area (Å²) in [6, 6.07) is 51.2. The number of nitro groups is 3. The molecule has 39 nitrogen and oxygen atoms in total. The maximum atomic E-state index is 11.1. The summed E-state index contributed by atoms with van der Waals surface area (Å²) in [5.41, 5.74) is 41.3. The first kappa shape index (κ1) is 125. The number of phenols is 1. The second kappa shape index (κ2) is 67.0. The summed E-state index contributed by atoms with van der Waals surface area (Å²) in [5.74, 6) is 0.634. The van der Waals surface area contributed by atoms with Gasteiger partial charge in [-0.1, -0.05) is 105 Å². The van der Waals surface area contributed by atoms with E-state index >= 15 is 0 Å². The summed E-state index contributed by atoms with van der Waals surface area (Å²) < 4.78 is 42.7. The molecule has 0 bridgehead atoms. The molecule has 0 spiro atoms. The van der Waals surface area contributed by atoms with Gasteiger partial charge in [-0.25, -0.2) is 0 Å². The number of benzene rings is 9. The van der Waals surface area contributed by atoms with E-state index in [1.807, 2.05) is 73.7 Å². The summed E-state index contributed by atoms with van der Waals surface area (Å²) in [5, 5.41) is 66.7. The van der Waals surface area contributed by atoms with Crippen molar-refractivity contribution < 1.29 is 132 Å². The molecule has 0 unspecified atom stereocenters. The van der Waals surface area contributed by atoms with Crippen molar-refractivity contribution in [2.24, 2.45) is 15.0 Å². The zero-order valence-corrected chi connectivity index (χ0v) is 78.5. The smallest absolute Gasteiger partial charge is 0.870 e. The predicted octanol–water partition coefficient (Wildman–Crippen LogP) is 14.1. The van der Waals surface area contributed by atoms with Gasteiger partial charge < -0.3 is 108 Å². The van der Waals surface area contributed by atoms with Crippen molar-refractivity contribution in [3.05, 3.63) is 245 Å². The van der Waals surface area contributed by atoms with Crippen LogP contribution >= 0.6 is 15.9 Å². The first-order valence-corrected chi connectivity index (χ1v) is 43.6. The predicted molar refractivity (Wildman–Crippen MR) is 538 cm³/mol. The third kappa shape index (κ3) is 46.4. The fraction of sp³-hybridized carbons (Fsp3) is 0.357. The minimum absolute atomic E-state index is 0. The van der Waals surface area contributed by atoms with E-state index < -0.39 is 32.7 Å². The Balaban J connectivity index is 0.00000167. The molecule has 0 atom stereocenters. The van der Waals surface area contributed by atoms with Gasteiger partial charge in [0.2, 0.25) is 0 Å². The van der Waals surface area contributed by atoms with Crippen LogP contribution in [0.25, 0.3) is 0 Å². The number of anilines is 5. The zero-order chi connectivity index (χ0) is 97.3. The minimum atomic E-state index is -0.906. The van der Waals surface area contributed by atoms with E-state index in [-0.39, 0.29) is 143 Å². The second-order valence-corrected chi connectivity index (χ2v) is 30.8. The molecular formula is C98H129BrLiN13O26. The number of nitrogens with zero attached hydrogens (tertiary/aromatic N) is 8. The molecule has 750 valence electrons. The summed E-state index contributed by atoms with van der Waals surface area (Å²) in [4.78, 5) is 112. The molecule has 0 saturated heterocycles. The molecule has 139 heavy (non-hydrogen) atoms. The van der Waals surface area contributed by atoms with Crippen LogP contribution in [0.2, 0.25) is 0 Å². The summed E-state index contributed by atoms with van der Waals surface area (Å²) in [6.07, 6.45) is 8.88. The van der Waals surface area contributed by atoms with Gasteiger partial charge in [0.25, 0.3) is 17.1 Å². The topological polar surface area (TPSA) is 622 Å². The minimum Gasteiger partial charge on any atom is -0.870 e. The van der Waals surface area contributed by atoms with Gasteiger partial charge in [-0.15, -0.1) is 0 Å². The number of nitro benzene ring substituents is 3. The number of aliphatic carboxylic acids is 3. The van der Waals surface area contributed by atoms with Crippen molar-refractivity contribution in [3.63, 3.8) is 0 Å². The van der Waals surface area contributed by atoms with Crippen molar-refractivity contribution in [1.82, 2.24) is 9.80 Å². The Bertz CT molecular complexity index is 5480. The van der Waals surface area contributed by atoms with Crippen molar-refractivity contribution in [3.8, 4) is 40.2 Å². The van der Waals surface area contributed by atoms with E-state index in [0.717, 1.165) is 143 Å². The number of carboxylic acid groups (broad SMARTS) is 3. The van der Waals surface area contributed by atoms with Crippen LogP contribution in [0.5, 0.6) is 40.2 Å². The molecule has 3 heterocycles. The Hall–Kier alpha value is -14.3. The molecule has 12 rings (SSSR count). The van der Waals surface area contributed by atoms with Crippen molar-refractivity contribution in [1.29, 1.82) is 0 Å². The molecule has 9 aromatic rings. The average molecular weight is 1990 g/mol. The Morgan fingerprint density at radius 2 is 0.683 bits per heavy atom. The zero-order valence-electron chi connectivity index (χ0n) is 76.9. The van der Waals surface area contributed by atoms with Crippen LogP contribution in [0.4, 0.5) is 62.6 Å². The number of aliphatic imine (C=N–C) groups is 3. The second-order valence-electron chi connectivity index (χ2n) is 30.0. The number of carbonyl (C=O) groups is 6. The van der Waals surface area contributed by atoms with Crippen molar-refractivity contribution in [2.45, 2.75) is 132 Å². The van der Waals surface area contributed by atoms with Crippen LogP contribution in [-0.4, -0.2) is 209 Å². The van der Waals surface area contributed by atoms with Gasteiger partial charge in [0.1, 0.15) is 63.6 Å².